The van der Waals surface area contributed by atoms with Crippen LogP contribution < -0.4 is 5.32 Å². The molecule has 1 aromatic rings. The van der Waals surface area contributed by atoms with E-state index in [2.05, 4.69) is 21.2 Å². The fourth-order valence-corrected chi connectivity index (χ4v) is 2.65. The molecule has 2 N–H and O–H groups in total. The van der Waals surface area contributed by atoms with Gasteiger partial charge >= 0.3 is 5.97 Å². The molecular weight excluding hydrogens is 286 g/mol. The van der Waals surface area contributed by atoms with Crippen molar-refractivity contribution in [1.29, 1.82) is 0 Å². The first-order valence-electron chi connectivity index (χ1n) is 5.29. The summed E-state index contributed by atoms with van der Waals surface area (Å²) in [4.78, 5) is 21.9. The van der Waals surface area contributed by atoms with E-state index in [0.717, 1.165) is 15.6 Å². The molecule has 1 aromatic carbocycles. The molecule has 0 saturated carbocycles. The largest absolute Gasteiger partial charge is 0.479 e. The Balaban J connectivity index is 2.36. The lowest BCUT2D eigenvalue weighted by molar-refractivity contribution is -0.146. The predicted molar refractivity (Wildman–Crippen MR) is 65.7 cm³/mol. The highest BCUT2D eigenvalue weighted by atomic mass is 79.9. The van der Waals surface area contributed by atoms with Gasteiger partial charge in [0.2, 0.25) is 6.41 Å². The van der Waals surface area contributed by atoms with Gasteiger partial charge in [-0.05, 0) is 36.1 Å². The number of hydrogen-bond acceptors (Lipinski definition) is 2. The van der Waals surface area contributed by atoms with Crippen molar-refractivity contribution >= 4 is 28.3 Å². The number of carbonyl (C=O) groups excluding carboxylic acids is 1. The van der Waals surface area contributed by atoms with E-state index in [9.17, 15) is 14.7 Å². The Morgan fingerprint density at radius 3 is 2.88 bits per heavy atom. The fraction of sp³-hybridized carbons (Fsp3) is 0.333. The van der Waals surface area contributed by atoms with Crippen LogP contribution >= 0.6 is 15.9 Å². The molecule has 0 heterocycles. The number of benzene rings is 1. The van der Waals surface area contributed by atoms with Crippen molar-refractivity contribution in [2.24, 2.45) is 0 Å². The highest BCUT2D eigenvalue weighted by Crippen LogP contribution is 2.30. The van der Waals surface area contributed by atoms with Crippen molar-refractivity contribution in [3.63, 3.8) is 0 Å². The predicted octanol–water partition coefficient (Wildman–Crippen LogP) is 1.51. The van der Waals surface area contributed by atoms with E-state index >= 15 is 0 Å². The Kier molecular flexibility index (Phi) is 3.19. The third kappa shape index (κ3) is 2.20. The van der Waals surface area contributed by atoms with Crippen molar-refractivity contribution in [3.8, 4) is 0 Å². The first-order valence-corrected chi connectivity index (χ1v) is 6.09. The molecule has 0 saturated heterocycles. The van der Waals surface area contributed by atoms with E-state index in [0.29, 0.717) is 25.7 Å². The average molecular weight is 298 g/mol. The van der Waals surface area contributed by atoms with Gasteiger partial charge < -0.3 is 10.4 Å². The van der Waals surface area contributed by atoms with Crippen LogP contribution in [0.5, 0.6) is 0 Å². The van der Waals surface area contributed by atoms with Crippen molar-refractivity contribution in [2.75, 3.05) is 0 Å². The molecule has 2 rings (SSSR count). The van der Waals surface area contributed by atoms with Crippen molar-refractivity contribution in [3.05, 3.63) is 33.8 Å². The van der Waals surface area contributed by atoms with Gasteiger partial charge in [0.1, 0.15) is 5.54 Å². The van der Waals surface area contributed by atoms with Gasteiger partial charge in [-0.15, -0.1) is 0 Å². The quantitative estimate of drug-likeness (QED) is 0.831. The second-order valence-corrected chi connectivity index (χ2v) is 5.15. The van der Waals surface area contributed by atoms with Gasteiger partial charge in [0, 0.05) is 10.9 Å². The fourth-order valence-electron chi connectivity index (χ4n) is 2.24. The molecule has 1 aliphatic carbocycles. The maximum atomic E-state index is 11.3. The molecule has 0 aromatic heterocycles. The zero-order chi connectivity index (χ0) is 12.5. The van der Waals surface area contributed by atoms with Crippen LogP contribution in [0.2, 0.25) is 0 Å². The monoisotopic (exact) mass is 297 g/mol. The second kappa shape index (κ2) is 4.49. The first-order chi connectivity index (χ1) is 8.07. The topological polar surface area (TPSA) is 66.4 Å². The molecule has 90 valence electrons. The number of amides is 1. The highest BCUT2D eigenvalue weighted by Gasteiger charge is 2.41. The summed E-state index contributed by atoms with van der Waals surface area (Å²) in [6, 6.07) is 5.79. The standard InChI is InChI=1S/C12H12BrNO3/c13-10-2-1-9-6-12(11(16)17,14-7-15)4-3-8(9)5-10/h1-2,5,7H,3-4,6H2,(H,14,15)(H,16,17). The summed E-state index contributed by atoms with van der Waals surface area (Å²) < 4.78 is 0.988. The summed E-state index contributed by atoms with van der Waals surface area (Å²) in [5.74, 6) is -0.974. The summed E-state index contributed by atoms with van der Waals surface area (Å²) >= 11 is 3.39. The summed E-state index contributed by atoms with van der Waals surface area (Å²) in [5, 5.41) is 11.7. The molecule has 17 heavy (non-hydrogen) atoms. The van der Waals surface area contributed by atoms with Gasteiger partial charge in [0.05, 0.1) is 0 Å². The van der Waals surface area contributed by atoms with Crippen molar-refractivity contribution in [1.82, 2.24) is 5.32 Å². The third-order valence-corrected chi connectivity index (χ3v) is 3.72. The molecular formula is C12H12BrNO3. The van der Waals surface area contributed by atoms with E-state index < -0.39 is 11.5 Å². The minimum Gasteiger partial charge on any atom is -0.479 e. The SMILES string of the molecule is O=CNC1(C(=O)O)CCc2cc(Br)ccc2C1. The number of rotatable bonds is 3. The summed E-state index contributed by atoms with van der Waals surface area (Å²) in [6.45, 7) is 0. The average Bonchev–Trinajstić information content (AvgIpc) is 2.29. The van der Waals surface area contributed by atoms with Crippen LogP contribution in [-0.4, -0.2) is 23.0 Å². The number of nitrogens with one attached hydrogen (secondary N) is 1. The molecule has 5 heteroatoms. The van der Waals surface area contributed by atoms with Crippen LogP contribution in [0, 0.1) is 0 Å². The number of aryl methyl sites for hydroxylation is 1. The van der Waals surface area contributed by atoms with Gasteiger partial charge in [0.15, 0.2) is 0 Å². The van der Waals surface area contributed by atoms with Crippen LogP contribution in [0.15, 0.2) is 22.7 Å². The highest BCUT2D eigenvalue weighted by molar-refractivity contribution is 9.10. The molecule has 0 fully saturated rings. The Bertz CT molecular complexity index is 475. The molecule has 0 bridgehead atoms. The minimum absolute atomic E-state index is 0.337. The second-order valence-electron chi connectivity index (χ2n) is 4.24. The number of halogens is 1. The molecule has 1 amide bonds. The van der Waals surface area contributed by atoms with E-state index in [4.69, 9.17) is 0 Å². The zero-order valence-corrected chi connectivity index (χ0v) is 10.7. The van der Waals surface area contributed by atoms with Gasteiger partial charge in [0.25, 0.3) is 0 Å². The lowest BCUT2D eigenvalue weighted by Crippen LogP contribution is -2.55. The van der Waals surface area contributed by atoms with Gasteiger partial charge in [-0.2, -0.15) is 0 Å². The van der Waals surface area contributed by atoms with E-state index in [1.165, 1.54) is 0 Å². The lowest BCUT2D eigenvalue weighted by Gasteiger charge is -2.34. The van der Waals surface area contributed by atoms with Crippen molar-refractivity contribution < 1.29 is 14.7 Å². The molecule has 4 nitrogen and oxygen atoms in total. The summed E-state index contributed by atoms with van der Waals surface area (Å²) in [5.41, 5.74) is 0.975. The summed E-state index contributed by atoms with van der Waals surface area (Å²) in [6.07, 6.45) is 1.88. The molecule has 0 aliphatic heterocycles. The molecule has 1 unspecified atom stereocenters. The van der Waals surface area contributed by atoms with Gasteiger partial charge in [-0.3, -0.25) is 4.79 Å². The first kappa shape index (κ1) is 12.1. The molecule has 1 atom stereocenters. The van der Waals surface area contributed by atoms with Crippen LogP contribution in [0.25, 0.3) is 0 Å². The normalized spacial score (nSPS) is 22.6. The lowest BCUT2D eigenvalue weighted by atomic mass is 9.78. The maximum Gasteiger partial charge on any atom is 0.329 e. The van der Waals surface area contributed by atoms with Crippen molar-refractivity contribution in [2.45, 2.75) is 24.8 Å². The van der Waals surface area contributed by atoms with E-state index in [-0.39, 0.29) is 0 Å². The Morgan fingerprint density at radius 2 is 2.24 bits per heavy atom. The van der Waals surface area contributed by atoms with Crippen LogP contribution in [-0.2, 0) is 22.4 Å². The number of aliphatic carboxylic acids is 1. The smallest absolute Gasteiger partial charge is 0.329 e. The number of fused-ring (bicyclic) bond motifs is 1. The number of carboxylic acid groups (broad SMARTS) is 1. The molecule has 1 aliphatic rings. The Morgan fingerprint density at radius 1 is 1.47 bits per heavy atom. The number of carbonyl (C=O) groups is 2. The van der Waals surface area contributed by atoms with E-state index in [1.54, 1.807) is 0 Å². The molecule has 0 radical (unpaired) electrons. The number of hydrogen-bond donors (Lipinski definition) is 2. The zero-order valence-electron chi connectivity index (χ0n) is 9.07. The summed E-state index contributed by atoms with van der Waals surface area (Å²) in [7, 11) is 0. The van der Waals surface area contributed by atoms with Gasteiger partial charge in [-0.1, -0.05) is 22.0 Å². The Hall–Kier alpha value is -1.36. The van der Waals surface area contributed by atoms with Gasteiger partial charge in [-0.25, -0.2) is 4.79 Å². The third-order valence-electron chi connectivity index (χ3n) is 3.23. The number of carboxylic acids is 1. The minimum atomic E-state index is -1.15. The van der Waals surface area contributed by atoms with Crippen LogP contribution in [0.3, 0.4) is 0 Å². The van der Waals surface area contributed by atoms with Crippen LogP contribution in [0.4, 0.5) is 0 Å². The molecule has 0 spiro atoms. The van der Waals surface area contributed by atoms with E-state index in [1.807, 2.05) is 18.2 Å². The maximum absolute atomic E-state index is 11.3. The van der Waals surface area contributed by atoms with Crippen LogP contribution in [0.1, 0.15) is 17.5 Å². The Labute approximate surface area is 107 Å².